The van der Waals surface area contributed by atoms with Crippen LogP contribution in [0.3, 0.4) is 0 Å². The van der Waals surface area contributed by atoms with Gasteiger partial charge in [0.05, 0.1) is 5.69 Å². The van der Waals surface area contributed by atoms with Gasteiger partial charge in [0.15, 0.2) is 0 Å². The number of ether oxygens (including phenoxy) is 2. The van der Waals surface area contributed by atoms with Gasteiger partial charge in [0.1, 0.15) is 11.2 Å². The van der Waals surface area contributed by atoms with Gasteiger partial charge in [0.25, 0.3) is 0 Å². The summed E-state index contributed by atoms with van der Waals surface area (Å²) in [5, 5.41) is 4.72. The predicted molar refractivity (Wildman–Crippen MR) is 101 cm³/mol. The SMILES string of the molecule is CC(C)(C)OC(=O)NC(=Nc1ccc(C(N)=O)cc1)NC(=O)OC(C)(C)C. The lowest BCUT2D eigenvalue weighted by Gasteiger charge is -2.22. The number of benzene rings is 1. The van der Waals surface area contributed by atoms with E-state index in [1.165, 1.54) is 24.3 Å². The summed E-state index contributed by atoms with van der Waals surface area (Å²) < 4.78 is 10.3. The highest BCUT2D eigenvalue weighted by Gasteiger charge is 2.21. The molecule has 0 atom stereocenters. The van der Waals surface area contributed by atoms with Gasteiger partial charge in [-0.05, 0) is 65.8 Å². The molecule has 148 valence electrons. The summed E-state index contributed by atoms with van der Waals surface area (Å²) in [6.45, 7) is 10.2. The first-order valence-electron chi connectivity index (χ1n) is 8.24. The van der Waals surface area contributed by atoms with Crippen LogP contribution in [-0.2, 0) is 9.47 Å². The van der Waals surface area contributed by atoms with Gasteiger partial charge in [0, 0.05) is 5.56 Å². The third-order valence-electron chi connectivity index (χ3n) is 2.63. The van der Waals surface area contributed by atoms with Gasteiger partial charge in [-0.1, -0.05) is 0 Å². The monoisotopic (exact) mass is 378 g/mol. The fraction of sp³-hybridized carbons (Fsp3) is 0.444. The van der Waals surface area contributed by atoms with Crippen molar-refractivity contribution >= 4 is 29.7 Å². The van der Waals surface area contributed by atoms with Crippen LogP contribution in [0.5, 0.6) is 0 Å². The number of rotatable bonds is 2. The van der Waals surface area contributed by atoms with Crippen molar-refractivity contribution in [3.05, 3.63) is 29.8 Å². The Morgan fingerprint density at radius 3 is 1.59 bits per heavy atom. The van der Waals surface area contributed by atoms with Crippen molar-refractivity contribution in [2.75, 3.05) is 0 Å². The molecule has 0 bridgehead atoms. The number of carbonyl (C=O) groups excluding carboxylic acids is 3. The molecule has 0 spiro atoms. The third kappa shape index (κ3) is 9.24. The van der Waals surface area contributed by atoms with Crippen LogP contribution in [0.1, 0.15) is 51.9 Å². The summed E-state index contributed by atoms with van der Waals surface area (Å²) >= 11 is 0. The van der Waals surface area contributed by atoms with Gasteiger partial charge >= 0.3 is 12.2 Å². The van der Waals surface area contributed by atoms with E-state index in [4.69, 9.17) is 15.2 Å². The maximum absolute atomic E-state index is 12.0. The van der Waals surface area contributed by atoms with Crippen LogP contribution >= 0.6 is 0 Å². The van der Waals surface area contributed by atoms with Crippen molar-refractivity contribution in [1.82, 2.24) is 10.6 Å². The summed E-state index contributed by atoms with van der Waals surface area (Å²) in [7, 11) is 0. The molecule has 0 fully saturated rings. The second-order valence-corrected chi connectivity index (χ2v) is 7.63. The zero-order valence-electron chi connectivity index (χ0n) is 16.4. The number of hydrogen-bond acceptors (Lipinski definition) is 6. The number of guanidine groups is 1. The number of amides is 3. The Morgan fingerprint density at radius 2 is 1.26 bits per heavy atom. The lowest BCUT2D eigenvalue weighted by atomic mass is 10.2. The average molecular weight is 378 g/mol. The first kappa shape index (κ1) is 21.9. The largest absolute Gasteiger partial charge is 0.444 e. The highest BCUT2D eigenvalue weighted by atomic mass is 16.6. The molecule has 0 aliphatic rings. The summed E-state index contributed by atoms with van der Waals surface area (Å²) in [5.74, 6) is -0.769. The molecule has 1 rings (SSSR count). The summed E-state index contributed by atoms with van der Waals surface area (Å²) in [6.07, 6.45) is -1.60. The molecule has 9 nitrogen and oxygen atoms in total. The van der Waals surface area contributed by atoms with Crippen LogP contribution in [0, 0.1) is 0 Å². The smallest absolute Gasteiger partial charge is 0.414 e. The van der Waals surface area contributed by atoms with Crippen LogP contribution in [0.2, 0.25) is 0 Å². The standard InChI is InChI=1S/C18H26N4O5/c1-17(2,3)26-15(24)21-14(22-16(25)27-18(4,5)6)20-12-9-7-11(8-10-12)13(19)23/h7-10H,1-6H3,(H2,19,23)(H2,20,21,22,24,25). The van der Waals surface area contributed by atoms with Crippen LogP contribution in [-0.4, -0.2) is 35.3 Å². The topological polar surface area (TPSA) is 132 Å². The summed E-state index contributed by atoms with van der Waals surface area (Å²) in [5.41, 5.74) is 4.39. The number of hydrogen-bond donors (Lipinski definition) is 3. The van der Waals surface area contributed by atoms with Crippen LogP contribution in [0.4, 0.5) is 15.3 Å². The number of nitrogens with one attached hydrogen (secondary N) is 2. The van der Waals surface area contributed by atoms with Gasteiger partial charge in [-0.25, -0.2) is 14.6 Å². The molecule has 3 amide bonds. The molecule has 1 aromatic rings. The number of nitrogens with zero attached hydrogens (tertiary/aromatic N) is 1. The van der Waals surface area contributed by atoms with Crippen LogP contribution in [0.15, 0.2) is 29.3 Å². The minimum atomic E-state index is -0.800. The molecular formula is C18H26N4O5. The predicted octanol–water partition coefficient (Wildman–Crippen LogP) is 2.82. The lowest BCUT2D eigenvalue weighted by molar-refractivity contribution is 0.0545. The van der Waals surface area contributed by atoms with Gasteiger partial charge in [-0.2, -0.15) is 0 Å². The zero-order chi connectivity index (χ0) is 20.8. The Balaban J connectivity index is 3.03. The maximum Gasteiger partial charge on any atom is 0.414 e. The maximum atomic E-state index is 12.0. The Labute approximate surface area is 158 Å². The molecule has 0 radical (unpaired) electrons. The molecule has 9 heteroatoms. The number of aliphatic imine (C=N–C) groups is 1. The Morgan fingerprint density at radius 1 is 0.852 bits per heavy atom. The first-order chi connectivity index (χ1) is 12.2. The fourth-order valence-corrected chi connectivity index (χ4v) is 1.72. The third-order valence-corrected chi connectivity index (χ3v) is 2.63. The van der Waals surface area contributed by atoms with E-state index in [0.717, 1.165) is 0 Å². The van der Waals surface area contributed by atoms with E-state index in [-0.39, 0.29) is 5.96 Å². The van der Waals surface area contributed by atoms with Gasteiger partial charge in [-0.15, -0.1) is 0 Å². The van der Waals surface area contributed by atoms with E-state index >= 15 is 0 Å². The normalized spacial score (nSPS) is 11.2. The van der Waals surface area contributed by atoms with E-state index in [0.29, 0.717) is 11.3 Å². The quantitative estimate of drug-likeness (QED) is 0.538. The van der Waals surface area contributed by atoms with Crippen molar-refractivity contribution in [1.29, 1.82) is 0 Å². The van der Waals surface area contributed by atoms with Crippen molar-refractivity contribution in [3.8, 4) is 0 Å². The Bertz CT molecular complexity index is 696. The highest BCUT2D eigenvalue weighted by molar-refractivity contribution is 6.02. The first-order valence-corrected chi connectivity index (χ1v) is 8.24. The van der Waals surface area contributed by atoms with Crippen molar-refractivity contribution in [2.45, 2.75) is 52.7 Å². The molecule has 0 aliphatic carbocycles. The second-order valence-electron chi connectivity index (χ2n) is 7.63. The zero-order valence-corrected chi connectivity index (χ0v) is 16.4. The van der Waals surface area contributed by atoms with Crippen LogP contribution < -0.4 is 16.4 Å². The number of primary amides is 1. The molecule has 0 saturated carbocycles. The number of carbonyl (C=O) groups is 3. The summed E-state index contributed by atoms with van der Waals surface area (Å²) in [4.78, 5) is 39.3. The minimum Gasteiger partial charge on any atom is -0.444 e. The lowest BCUT2D eigenvalue weighted by Crippen LogP contribution is -2.47. The highest BCUT2D eigenvalue weighted by Crippen LogP contribution is 2.13. The number of alkyl carbamates (subject to hydrolysis) is 2. The molecule has 0 heterocycles. The van der Waals surface area contributed by atoms with E-state index in [9.17, 15) is 14.4 Å². The molecule has 0 aromatic heterocycles. The van der Waals surface area contributed by atoms with Gasteiger partial charge < -0.3 is 15.2 Å². The van der Waals surface area contributed by atoms with E-state index in [1.54, 1.807) is 41.5 Å². The van der Waals surface area contributed by atoms with Crippen molar-refractivity contribution in [3.63, 3.8) is 0 Å². The van der Waals surface area contributed by atoms with Crippen molar-refractivity contribution < 1.29 is 23.9 Å². The molecule has 0 unspecified atom stereocenters. The second kappa shape index (κ2) is 8.52. The molecular weight excluding hydrogens is 352 g/mol. The van der Waals surface area contributed by atoms with E-state index in [2.05, 4.69) is 15.6 Å². The molecule has 0 aliphatic heterocycles. The molecule has 1 aromatic carbocycles. The number of nitrogens with two attached hydrogens (primary N) is 1. The molecule has 27 heavy (non-hydrogen) atoms. The van der Waals surface area contributed by atoms with Crippen molar-refractivity contribution in [2.24, 2.45) is 10.7 Å². The van der Waals surface area contributed by atoms with E-state index < -0.39 is 29.3 Å². The average Bonchev–Trinajstić information content (AvgIpc) is 2.43. The Kier molecular flexibility index (Phi) is 6.93. The Hall–Kier alpha value is -3.10. The summed E-state index contributed by atoms with van der Waals surface area (Å²) in [6, 6.07) is 5.96. The van der Waals surface area contributed by atoms with E-state index in [1.807, 2.05) is 0 Å². The minimum absolute atomic E-state index is 0.190. The molecule has 0 saturated heterocycles. The van der Waals surface area contributed by atoms with Crippen LogP contribution in [0.25, 0.3) is 0 Å². The van der Waals surface area contributed by atoms with Gasteiger partial charge in [0.2, 0.25) is 11.9 Å². The fourth-order valence-electron chi connectivity index (χ4n) is 1.72. The molecule has 4 N–H and O–H groups in total. The van der Waals surface area contributed by atoms with Gasteiger partial charge in [-0.3, -0.25) is 15.4 Å².